The van der Waals surface area contributed by atoms with Gasteiger partial charge in [-0.15, -0.1) is 0 Å². The molecule has 6 heteroatoms. The Morgan fingerprint density at radius 3 is 2.42 bits per heavy atom. The van der Waals surface area contributed by atoms with Crippen LogP contribution >= 0.6 is 0 Å². The van der Waals surface area contributed by atoms with Gasteiger partial charge in [0, 0.05) is 23.1 Å². The molecule has 0 saturated heterocycles. The second-order valence-corrected chi connectivity index (χ2v) is 6.78. The molecule has 0 radical (unpaired) electrons. The molecule has 0 aliphatic rings. The standard InChI is InChI=1S/C18H19NO4S/c20-17(19-10-9-14-5-2-1-3-6-14)13-24(23)12-15-7-4-8-16(11-15)18(21)22/h1-8,11H,9-10,12-13H2,(H,19,20)(H,21,22). The van der Waals surface area contributed by atoms with Gasteiger partial charge in [0.05, 0.1) is 5.56 Å². The number of carbonyl (C=O) groups excluding carboxylic acids is 1. The highest BCUT2D eigenvalue weighted by molar-refractivity contribution is 7.84. The molecule has 1 unspecified atom stereocenters. The molecule has 0 saturated carbocycles. The van der Waals surface area contributed by atoms with Gasteiger partial charge in [-0.25, -0.2) is 4.79 Å². The number of carbonyl (C=O) groups is 2. The van der Waals surface area contributed by atoms with Crippen molar-refractivity contribution in [1.82, 2.24) is 5.32 Å². The van der Waals surface area contributed by atoms with E-state index < -0.39 is 16.8 Å². The predicted octanol–water partition coefficient (Wildman–Crippen LogP) is 1.99. The van der Waals surface area contributed by atoms with E-state index in [-0.39, 0.29) is 23.0 Å². The van der Waals surface area contributed by atoms with Crippen molar-refractivity contribution in [2.24, 2.45) is 0 Å². The highest BCUT2D eigenvalue weighted by Crippen LogP contribution is 2.08. The minimum absolute atomic E-state index is 0.0912. The van der Waals surface area contributed by atoms with Gasteiger partial charge in [-0.05, 0) is 29.7 Å². The van der Waals surface area contributed by atoms with Crippen LogP contribution in [0.1, 0.15) is 21.5 Å². The number of amides is 1. The molecule has 24 heavy (non-hydrogen) atoms. The SMILES string of the molecule is O=C(CS(=O)Cc1cccc(C(=O)O)c1)NCCc1ccccc1. The highest BCUT2D eigenvalue weighted by atomic mass is 32.2. The van der Waals surface area contributed by atoms with Gasteiger partial charge in [-0.3, -0.25) is 9.00 Å². The number of hydrogen-bond donors (Lipinski definition) is 2. The molecule has 0 aliphatic carbocycles. The molecule has 2 rings (SSSR count). The molecule has 2 N–H and O–H groups in total. The number of carboxylic acid groups (broad SMARTS) is 1. The molecule has 0 fully saturated rings. The third-order valence-corrected chi connectivity index (χ3v) is 4.61. The van der Waals surface area contributed by atoms with E-state index in [1.807, 2.05) is 30.3 Å². The lowest BCUT2D eigenvalue weighted by molar-refractivity contribution is -0.118. The van der Waals surface area contributed by atoms with Crippen LogP contribution in [0.25, 0.3) is 0 Å². The quantitative estimate of drug-likeness (QED) is 0.766. The maximum absolute atomic E-state index is 12.0. The summed E-state index contributed by atoms with van der Waals surface area (Å²) in [6.45, 7) is 0.495. The fraction of sp³-hybridized carbons (Fsp3) is 0.222. The molecule has 0 bridgehead atoms. The molecule has 0 heterocycles. The maximum Gasteiger partial charge on any atom is 0.335 e. The van der Waals surface area contributed by atoms with Crippen LogP contribution < -0.4 is 5.32 Å². The molecule has 0 spiro atoms. The first-order valence-electron chi connectivity index (χ1n) is 7.52. The van der Waals surface area contributed by atoms with E-state index in [1.165, 1.54) is 12.1 Å². The van der Waals surface area contributed by atoms with Gasteiger partial charge in [0.2, 0.25) is 5.91 Å². The summed E-state index contributed by atoms with van der Waals surface area (Å²) in [5, 5.41) is 11.7. The molecule has 1 amide bonds. The van der Waals surface area contributed by atoms with Crippen molar-refractivity contribution in [3.63, 3.8) is 0 Å². The third-order valence-electron chi connectivity index (χ3n) is 3.37. The molecule has 2 aromatic rings. The van der Waals surface area contributed by atoms with Crippen LogP contribution in [0.5, 0.6) is 0 Å². The second-order valence-electron chi connectivity index (χ2n) is 5.32. The summed E-state index contributed by atoms with van der Waals surface area (Å²) in [7, 11) is -1.38. The number of carboxylic acids is 1. The third kappa shape index (κ3) is 5.96. The van der Waals surface area contributed by atoms with Crippen LogP contribution in [-0.4, -0.2) is 33.5 Å². The van der Waals surface area contributed by atoms with Crippen LogP contribution in [0.3, 0.4) is 0 Å². The summed E-state index contributed by atoms with van der Waals surface area (Å²) in [5.41, 5.74) is 1.92. The molecule has 5 nitrogen and oxygen atoms in total. The van der Waals surface area contributed by atoms with Crippen molar-refractivity contribution in [3.8, 4) is 0 Å². The Labute approximate surface area is 143 Å². The number of hydrogen-bond acceptors (Lipinski definition) is 3. The molecule has 1 atom stereocenters. The Kier molecular flexibility index (Phi) is 6.69. The lowest BCUT2D eigenvalue weighted by Crippen LogP contribution is -2.30. The van der Waals surface area contributed by atoms with Gasteiger partial charge in [0.15, 0.2) is 0 Å². The monoisotopic (exact) mass is 345 g/mol. The first-order chi connectivity index (χ1) is 11.5. The number of nitrogens with one attached hydrogen (secondary N) is 1. The Bertz CT molecular complexity index is 731. The first-order valence-corrected chi connectivity index (χ1v) is 9.01. The smallest absolute Gasteiger partial charge is 0.335 e. The average molecular weight is 345 g/mol. The predicted molar refractivity (Wildman–Crippen MR) is 93.3 cm³/mol. The van der Waals surface area contributed by atoms with Crippen LogP contribution in [0.15, 0.2) is 54.6 Å². The minimum atomic E-state index is -1.38. The van der Waals surface area contributed by atoms with Crippen molar-refractivity contribution in [1.29, 1.82) is 0 Å². The molecule has 0 aliphatic heterocycles. The summed E-state index contributed by atoms with van der Waals surface area (Å²) >= 11 is 0. The van der Waals surface area contributed by atoms with Crippen LogP contribution in [0.2, 0.25) is 0 Å². The first kappa shape index (κ1) is 17.9. The fourth-order valence-corrected chi connectivity index (χ4v) is 3.27. The van der Waals surface area contributed by atoms with Gasteiger partial charge in [-0.2, -0.15) is 0 Å². The van der Waals surface area contributed by atoms with Gasteiger partial charge in [-0.1, -0.05) is 42.5 Å². The van der Waals surface area contributed by atoms with E-state index >= 15 is 0 Å². The van der Waals surface area contributed by atoms with E-state index in [1.54, 1.807) is 12.1 Å². The lowest BCUT2D eigenvalue weighted by atomic mass is 10.1. The minimum Gasteiger partial charge on any atom is -0.478 e. The summed E-state index contributed by atoms with van der Waals surface area (Å²) in [6, 6.07) is 16.1. The lowest BCUT2D eigenvalue weighted by Gasteiger charge is -2.06. The average Bonchev–Trinajstić information content (AvgIpc) is 2.56. The molecule has 2 aromatic carbocycles. The van der Waals surface area contributed by atoms with Gasteiger partial charge in [0.1, 0.15) is 5.75 Å². The van der Waals surface area contributed by atoms with Gasteiger partial charge < -0.3 is 10.4 Å². The summed E-state index contributed by atoms with van der Waals surface area (Å²) in [5.74, 6) is -1.22. The Balaban J connectivity index is 1.76. The zero-order valence-electron chi connectivity index (χ0n) is 13.1. The van der Waals surface area contributed by atoms with E-state index in [9.17, 15) is 13.8 Å². The van der Waals surface area contributed by atoms with Crippen molar-refractivity contribution in [2.45, 2.75) is 12.2 Å². The fourth-order valence-electron chi connectivity index (χ4n) is 2.22. The Hall–Kier alpha value is -2.47. The van der Waals surface area contributed by atoms with Crippen molar-refractivity contribution < 1.29 is 18.9 Å². The zero-order chi connectivity index (χ0) is 17.4. The number of benzene rings is 2. The van der Waals surface area contributed by atoms with Gasteiger partial charge in [0.25, 0.3) is 0 Å². The highest BCUT2D eigenvalue weighted by Gasteiger charge is 2.10. The van der Waals surface area contributed by atoms with E-state index in [4.69, 9.17) is 5.11 Å². The number of aromatic carboxylic acids is 1. The zero-order valence-corrected chi connectivity index (χ0v) is 13.9. The summed E-state index contributed by atoms with van der Waals surface area (Å²) < 4.78 is 12.0. The normalized spacial score (nSPS) is 11.7. The molecular formula is C18H19NO4S. The van der Waals surface area contributed by atoms with Crippen LogP contribution in [0.4, 0.5) is 0 Å². The van der Waals surface area contributed by atoms with Crippen LogP contribution in [-0.2, 0) is 27.8 Å². The van der Waals surface area contributed by atoms with E-state index in [2.05, 4.69) is 5.32 Å². The Morgan fingerprint density at radius 1 is 1.00 bits per heavy atom. The molecule has 0 aromatic heterocycles. The Morgan fingerprint density at radius 2 is 1.71 bits per heavy atom. The number of rotatable bonds is 8. The summed E-state index contributed by atoms with van der Waals surface area (Å²) in [4.78, 5) is 22.7. The van der Waals surface area contributed by atoms with Crippen molar-refractivity contribution in [3.05, 3.63) is 71.3 Å². The van der Waals surface area contributed by atoms with Gasteiger partial charge >= 0.3 is 5.97 Å². The van der Waals surface area contributed by atoms with Crippen molar-refractivity contribution in [2.75, 3.05) is 12.3 Å². The summed E-state index contributed by atoms with van der Waals surface area (Å²) in [6.07, 6.45) is 0.722. The van der Waals surface area contributed by atoms with E-state index in [0.717, 1.165) is 12.0 Å². The molecule has 126 valence electrons. The maximum atomic E-state index is 12.0. The van der Waals surface area contributed by atoms with E-state index in [0.29, 0.717) is 12.1 Å². The van der Waals surface area contributed by atoms with Crippen LogP contribution in [0, 0.1) is 0 Å². The molecular weight excluding hydrogens is 326 g/mol. The topological polar surface area (TPSA) is 83.5 Å². The van der Waals surface area contributed by atoms with Crippen molar-refractivity contribution >= 4 is 22.7 Å². The second kappa shape index (κ2) is 8.98. The largest absolute Gasteiger partial charge is 0.478 e.